The molecule has 0 aromatic rings. The molecule has 2 amide bonds. The van der Waals surface area contributed by atoms with Gasteiger partial charge in [-0.15, -0.1) is 0 Å². The molecule has 1 heterocycles. The molecule has 6 nitrogen and oxygen atoms in total. The topological polar surface area (TPSA) is 91.4 Å². The Kier molecular flexibility index (Phi) is 4.12. The number of hydrogen-bond donors (Lipinski definition) is 3. The summed E-state index contributed by atoms with van der Waals surface area (Å²) in [5.41, 5.74) is 4.73. The lowest BCUT2D eigenvalue weighted by molar-refractivity contribution is 0.0520. The molecule has 0 aromatic carbocycles. The Morgan fingerprint density at radius 2 is 2.12 bits per heavy atom. The highest BCUT2D eigenvalue weighted by Gasteiger charge is 2.30. The zero-order valence-electron chi connectivity index (χ0n) is 9.88. The first-order valence-corrected chi connectivity index (χ1v) is 5.49. The van der Waals surface area contributed by atoms with Gasteiger partial charge in [-0.1, -0.05) is 6.92 Å². The first-order valence-electron chi connectivity index (χ1n) is 5.49. The number of nitrogens with zero attached hydrogens (tertiary/aromatic N) is 1. The number of rotatable bonds is 3. The third kappa shape index (κ3) is 2.85. The standard InChI is InChI=1S/C10H20N4O2/c1-3-10(2,8(11)12)13-9(15)14-4-6-16-7-5-14/h3-7H2,1-2H3,(H3,11,12)(H,13,15). The number of morpholine rings is 1. The number of hydrogen-bond acceptors (Lipinski definition) is 3. The summed E-state index contributed by atoms with van der Waals surface area (Å²) in [6.45, 7) is 5.95. The van der Waals surface area contributed by atoms with Crippen molar-refractivity contribution in [1.82, 2.24) is 10.2 Å². The zero-order chi connectivity index (χ0) is 12.2. The summed E-state index contributed by atoms with van der Waals surface area (Å²) in [4.78, 5) is 13.6. The third-order valence-electron chi connectivity index (χ3n) is 2.98. The summed E-state index contributed by atoms with van der Waals surface area (Å²) in [6.07, 6.45) is 0.596. The molecule has 0 spiro atoms. The fraction of sp³-hybridized carbons (Fsp3) is 0.800. The minimum Gasteiger partial charge on any atom is -0.386 e. The van der Waals surface area contributed by atoms with Gasteiger partial charge in [0.1, 0.15) is 5.84 Å². The van der Waals surface area contributed by atoms with E-state index in [2.05, 4.69) is 5.32 Å². The Morgan fingerprint density at radius 3 is 2.56 bits per heavy atom. The number of carbonyl (C=O) groups excluding carboxylic acids is 1. The number of amides is 2. The molecule has 1 saturated heterocycles. The second kappa shape index (κ2) is 5.16. The normalized spacial score (nSPS) is 20.0. The average molecular weight is 228 g/mol. The number of urea groups is 1. The van der Waals surface area contributed by atoms with Gasteiger partial charge < -0.3 is 20.7 Å². The van der Waals surface area contributed by atoms with Gasteiger partial charge in [0.2, 0.25) is 0 Å². The number of nitrogens with two attached hydrogens (primary N) is 1. The Hall–Kier alpha value is -1.30. The second-order valence-electron chi connectivity index (χ2n) is 4.13. The smallest absolute Gasteiger partial charge is 0.318 e. The molecule has 0 aliphatic carbocycles. The van der Waals surface area contributed by atoms with Gasteiger partial charge in [-0.3, -0.25) is 5.41 Å². The molecule has 16 heavy (non-hydrogen) atoms. The van der Waals surface area contributed by atoms with E-state index in [9.17, 15) is 4.79 Å². The SMILES string of the molecule is CCC(C)(NC(=O)N1CCOCC1)C(=N)N. The molecule has 1 unspecified atom stereocenters. The van der Waals surface area contributed by atoms with Crippen molar-refractivity contribution in [2.75, 3.05) is 26.3 Å². The molecule has 0 aromatic heterocycles. The molecule has 1 aliphatic rings. The monoisotopic (exact) mass is 228 g/mol. The summed E-state index contributed by atoms with van der Waals surface area (Å²) >= 11 is 0. The van der Waals surface area contributed by atoms with Crippen LogP contribution in [0.2, 0.25) is 0 Å². The van der Waals surface area contributed by atoms with Crippen LogP contribution in [0.25, 0.3) is 0 Å². The molecule has 6 heteroatoms. The van der Waals surface area contributed by atoms with Gasteiger partial charge in [-0.2, -0.15) is 0 Å². The van der Waals surface area contributed by atoms with E-state index in [1.807, 2.05) is 6.92 Å². The average Bonchev–Trinajstić information content (AvgIpc) is 2.29. The Bertz CT molecular complexity index is 276. The lowest BCUT2D eigenvalue weighted by atomic mass is 9.98. The van der Waals surface area contributed by atoms with Crippen molar-refractivity contribution in [2.24, 2.45) is 5.73 Å². The van der Waals surface area contributed by atoms with Crippen LogP contribution in [0.5, 0.6) is 0 Å². The van der Waals surface area contributed by atoms with E-state index in [0.29, 0.717) is 32.7 Å². The van der Waals surface area contributed by atoms with Gasteiger partial charge in [0.25, 0.3) is 0 Å². The predicted octanol–water partition coefficient (Wildman–Crippen LogP) is 0.133. The predicted molar refractivity (Wildman–Crippen MR) is 61.5 cm³/mol. The maximum atomic E-state index is 11.9. The molecule has 4 N–H and O–H groups in total. The van der Waals surface area contributed by atoms with E-state index in [0.717, 1.165) is 0 Å². The molecule has 1 fully saturated rings. The van der Waals surface area contributed by atoms with Crippen LogP contribution in [0.4, 0.5) is 4.79 Å². The summed E-state index contributed by atoms with van der Waals surface area (Å²) in [6, 6.07) is -0.178. The molecule has 1 atom stereocenters. The summed E-state index contributed by atoms with van der Waals surface area (Å²) in [7, 11) is 0. The van der Waals surface area contributed by atoms with Gasteiger partial charge >= 0.3 is 6.03 Å². The van der Waals surface area contributed by atoms with Crippen LogP contribution < -0.4 is 11.1 Å². The van der Waals surface area contributed by atoms with E-state index in [4.69, 9.17) is 15.9 Å². The molecule has 92 valence electrons. The molecular formula is C10H20N4O2. The Morgan fingerprint density at radius 1 is 1.56 bits per heavy atom. The highest BCUT2D eigenvalue weighted by atomic mass is 16.5. The molecule has 0 radical (unpaired) electrons. The van der Waals surface area contributed by atoms with Crippen LogP contribution in [0.15, 0.2) is 0 Å². The summed E-state index contributed by atoms with van der Waals surface area (Å²) < 4.78 is 5.17. The van der Waals surface area contributed by atoms with E-state index in [1.165, 1.54) is 0 Å². The molecule has 0 bridgehead atoms. The maximum Gasteiger partial charge on any atom is 0.318 e. The van der Waals surface area contributed by atoms with Crippen molar-refractivity contribution >= 4 is 11.9 Å². The minimum absolute atomic E-state index is 0.0170. The van der Waals surface area contributed by atoms with Crippen molar-refractivity contribution in [3.8, 4) is 0 Å². The van der Waals surface area contributed by atoms with E-state index < -0.39 is 5.54 Å². The van der Waals surface area contributed by atoms with Crippen LogP contribution in [-0.2, 0) is 4.74 Å². The van der Waals surface area contributed by atoms with Crippen molar-refractivity contribution in [3.63, 3.8) is 0 Å². The molecule has 1 rings (SSSR count). The van der Waals surface area contributed by atoms with E-state index >= 15 is 0 Å². The van der Waals surface area contributed by atoms with Crippen LogP contribution in [0.1, 0.15) is 20.3 Å². The molecule has 0 saturated carbocycles. The third-order valence-corrected chi connectivity index (χ3v) is 2.98. The Balaban J connectivity index is 2.57. The quantitative estimate of drug-likeness (QED) is 0.473. The van der Waals surface area contributed by atoms with Crippen LogP contribution in [0, 0.1) is 5.41 Å². The zero-order valence-corrected chi connectivity index (χ0v) is 9.88. The van der Waals surface area contributed by atoms with Crippen LogP contribution in [-0.4, -0.2) is 48.6 Å². The van der Waals surface area contributed by atoms with Crippen molar-refractivity contribution < 1.29 is 9.53 Å². The fourth-order valence-electron chi connectivity index (χ4n) is 1.43. The maximum absolute atomic E-state index is 11.9. The molecular weight excluding hydrogens is 208 g/mol. The first-order chi connectivity index (χ1) is 7.49. The largest absolute Gasteiger partial charge is 0.386 e. The second-order valence-corrected chi connectivity index (χ2v) is 4.13. The van der Waals surface area contributed by atoms with E-state index in [1.54, 1.807) is 11.8 Å². The van der Waals surface area contributed by atoms with Crippen molar-refractivity contribution in [3.05, 3.63) is 0 Å². The number of nitrogens with one attached hydrogen (secondary N) is 2. The lowest BCUT2D eigenvalue weighted by Crippen LogP contribution is -2.59. The number of ether oxygens (including phenoxy) is 1. The highest BCUT2D eigenvalue weighted by Crippen LogP contribution is 2.09. The first kappa shape index (κ1) is 12.8. The van der Waals surface area contributed by atoms with Gasteiger partial charge in [0.05, 0.1) is 18.8 Å². The summed E-state index contributed by atoms with van der Waals surface area (Å²) in [5, 5.41) is 10.3. The molecule has 1 aliphatic heterocycles. The fourth-order valence-corrected chi connectivity index (χ4v) is 1.43. The lowest BCUT2D eigenvalue weighted by Gasteiger charge is -2.33. The summed E-state index contributed by atoms with van der Waals surface area (Å²) in [5.74, 6) is -0.0170. The van der Waals surface area contributed by atoms with Crippen molar-refractivity contribution in [1.29, 1.82) is 5.41 Å². The van der Waals surface area contributed by atoms with Crippen LogP contribution in [0.3, 0.4) is 0 Å². The van der Waals surface area contributed by atoms with Crippen LogP contribution >= 0.6 is 0 Å². The number of amidine groups is 1. The Labute approximate surface area is 95.6 Å². The van der Waals surface area contributed by atoms with Crippen molar-refractivity contribution in [2.45, 2.75) is 25.8 Å². The van der Waals surface area contributed by atoms with Gasteiger partial charge in [-0.25, -0.2) is 4.79 Å². The highest BCUT2D eigenvalue weighted by molar-refractivity contribution is 5.91. The van der Waals surface area contributed by atoms with Gasteiger partial charge in [0.15, 0.2) is 0 Å². The van der Waals surface area contributed by atoms with Gasteiger partial charge in [0, 0.05) is 13.1 Å². The minimum atomic E-state index is -0.755. The van der Waals surface area contributed by atoms with Gasteiger partial charge in [-0.05, 0) is 13.3 Å². The van der Waals surface area contributed by atoms with E-state index in [-0.39, 0.29) is 11.9 Å². The number of carbonyl (C=O) groups is 1.